The van der Waals surface area contributed by atoms with Crippen LogP contribution in [0.15, 0.2) is 11.6 Å². The maximum atomic E-state index is 5.36. The molecule has 2 aromatic rings. The molecule has 110 valence electrons. The second-order valence-electron chi connectivity index (χ2n) is 5.20. The third-order valence-corrected chi connectivity index (χ3v) is 4.62. The van der Waals surface area contributed by atoms with Gasteiger partial charge in [-0.15, -0.1) is 11.3 Å². The van der Waals surface area contributed by atoms with Crippen molar-refractivity contribution in [1.29, 1.82) is 0 Å². The standard InChI is InChI=1S/C14H22N4OS/c1-19-13-12(18-9-10-20-14(18)16-13)11-15-5-8-17-6-3-2-4-7-17/h9-10,15H,2-8,11H2,1H3. The highest BCUT2D eigenvalue weighted by Crippen LogP contribution is 2.22. The van der Waals surface area contributed by atoms with E-state index in [1.807, 2.05) is 0 Å². The van der Waals surface area contributed by atoms with Crippen molar-refractivity contribution in [1.82, 2.24) is 19.6 Å². The average molecular weight is 294 g/mol. The van der Waals surface area contributed by atoms with Crippen LogP contribution in [0.3, 0.4) is 0 Å². The number of aromatic nitrogens is 2. The van der Waals surface area contributed by atoms with Gasteiger partial charge in [-0.2, -0.15) is 4.98 Å². The summed E-state index contributed by atoms with van der Waals surface area (Å²) in [6.07, 6.45) is 6.15. The average Bonchev–Trinajstić information content (AvgIpc) is 3.06. The normalized spacial score (nSPS) is 16.9. The molecular weight excluding hydrogens is 272 g/mol. The van der Waals surface area contributed by atoms with E-state index in [1.165, 1.54) is 32.4 Å². The van der Waals surface area contributed by atoms with Gasteiger partial charge in [0.05, 0.1) is 7.11 Å². The number of rotatable bonds is 6. The topological polar surface area (TPSA) is 41.8 Å². The largest absolute Gasteiger partial charge is 0.480 e. The summed E-state index contributed by atoms with van der Waals surface area (Å²) in [7, 11) is 1.68. The summed E-state index contributed by atoms with van der Waals surface area (Å²) in [5.41, 5.74) is 1.11. The van der Waals surface area contributed by atoms with E-state index >= 15 is 0 Å². The Morgan fingerprint density at radius 2 is 2.20 bits per heavy atom. The molecule has 1 saturated heterocycles. The number of methoxy groups -OCH3 is 1. The van der Waals surface area contributed by atoms with Crippen LogP contribution >= 0.6 is 11.3 Å². The van der Waals surface area contributed by atoms with Crippen molar-refractivity contribution >= 4 is 16.3 Å². The van der Waals surface area contributed by atoms with E-state index in [0.29, 0.717) is 0 Å². The zero-order chi connectivity index (χ0) is 13.8. The SMILES string of the molecule is COc1nc2sccn2c1CNCCN1CCCCC1. The van der Waals surface area contributed by atoms with Crippen molar-refractivity contribution in [2.24, 2.45) is 0 Å². The summed E-state index contributed by atoms with van der Waals surface area (Å²) in [6.45, 7) is 5.46. The van der Waals surface area contributed by atoms with Crippen LogP contribution in [0, 0.1) is 0 Å². The molecule has 2 aromatic heterocycles. The molecule has 0 aromatic carbocycles. The molecule has 3 heterocycles. The summed E-state index contributed by atoms with van der Waals surface area (Å²) in [5, 5.41) is 5.57. The zero-order valence-electron chi connectivity index (χ0n) is 12.0. The van der Waals surface area contributed by atoms with E-state index in [1.54, 1.807) is 18.4 Å². The Morgan fingerprint density at radius 3 is 3.00 bits per heavy atom. The lowest BCUT2D eigenvalue weighted by Gasteiger charge is -2.26. The fourth-order valence-corrected chi connectivity index (χ4v) is 3.49. The molecule has 1 aliphatic heterocycles. The van der Waals surface area contributed by atoms with E-state index in [2.05, 4.69) is 31.2 Å². The van der Waals surface area contributed by atoms with E-state index < -0.39 is 0 Å². The molecule has 0 spiro atoms. The quantitative estimate of drug-likeness (QED) is 0.827. The van der Waals surface area contributed by atoms with Gasteiger partial charge in [0.2, 0.25) is 5.88 Å². The predicted molar refractivity (Wildman–Crippen MR) is 81.6 cm³/mol. The van der Waals surface area contributed by atoms with Crippen molar-refractivity contribution in [3.63, 3.8) is 0 Å². The molecule has 1 aliphatic rings. The summed E-state index contributed by atoms with van der Waals surface area (Å²) in [4.78, 5) is 8.01. The highest BCUT2D eigenvalue weighted by atomic mass is 32.1. The number of likely N-dealkylation sites (tertiary alicyclic amines) is 1. The van der Waals surface area contributed by atoms with Gasteiger partial charge in [0.1, 0.15) is 5.69 Å². The van der Waals surface area contributed by atoms with Crippen molar-refractivity contribution in [3.05, 3.63) is 17.3 Å². The second-order valence-corrected chi connectivity index (χ2v) is 6.08. The Morgan fingerprint density at radius 1 is 1.35 bits per heavy atom. The molecule has 1 N–H and O–H groups in total. The van der Waals surface area contributed by atoms with Crippen molar-refractivity contribution in [3.8, 4) is 5.88 Å². The fourth-order valence-electron chi connectivity index (χ4n) is 2.76. The third-order valence-electron chi connectivity index (χ3n) is 3.86. The lowest BCUT2D eigenvalue weighted by molar-refractivity contribution is 0.228. The molecule has 1 fully saturated rings. The monoisotopic (exact) mass is 294 g/mol. The zero-order valence-corrected chi connectivity index (χ0v) is 12.8. The van der Waals surface area contributed by atoms with Crippen LogP contribution in [0.4, 0.5) is 0 Å². The number of ether oxygens (including phenoxy) is 1. The highest BCUT2D eigenvalue weighted by Gasteiger charge is 2.13. The van der Waals surface area contributed by atoms with Gasteiger partial charge in [-0.05, 0) is 25.9 Å². The van der Waals surface area contributed by atoms with E-state index in [0.717, 1.165) is 36.2 Å². The van der Waals surface area contributed by atoms with Gasteiger partial charge >= 0.3 is 0 Å². The maximum Gasteiger partial charge on any atom is 0.237 e. The van der Waals surface area contributed by atoms with Gasteiger partial charge in [0.15, 0.2) is 4.96 Å². The molecule has 0 bridgehead atoms. The molecule has 5 nitrogen and oxygen atoms in total. The number of imidazole rings is 1. The summed E-state index contributed by atoms with van der Waals surface area (Å²) >= 11 is 1.64. The fraction of sp³-hybridized carbons (Fsp3) is 0.643. The number of hydrogen-bond donors (Lipinski definition) is 1. The first-order chi connectivity index (χ1) is 9.88. The van der Waals surface area contributed by atoms with Crippen LogP contribution in [0.5, 0.6) is 5.88 Å². The first kappa shape index (κ1) is 13.9. The molecular formula is C14H22N4OS. The number of fused-ring (bicyclic) bond motifs is 1. The second kappa shape index (κ2) is 6.56. The van der Waals surface area contributed by atoms with Crippen LogP contribution in [-0.2, 0) is 6.54 Å². The van der Waals surface area contributed by atoms with Crippen LogP contribution in [0.25, 0.3) is 4.96 Å². The number of piperidine rings is 1. The molecule has 0 aliphatic carbocycles. The van der Waals surface area contributed by atoms with Gasteiger partial charge in [-0.3, -0.25) is 4.40 Å². The number of thiazole rings is 1. The molecule has 0 amide bonds. The number of nitrogens with one attached hydrogen (secondary N) is 1. The van der Waals surface area contributed by atoms with Gasteiger partial charge < -0.3 is 15.0 Å². The predicted octanol–water partition coefficient (Wildman–Crippen LogP) is 1.98. The van der Waals surface area contributed by atoms with Gasteiger partial charge in [-0.1, -0.05) is 6.42 Å². The van der Waals surface area contributed by atoms with Crippen LogP contribution < -0.4 is 10.1 Å². The number of hydrogen-bond acceptors (Lipinski definition) is 5. The summed E-state index contributed by atoms with van der Waals surface area (Å²) < 4.78 is 7.47. The smallest absolute Gasteiger partial charge is 0.237 e. The Labute approximate surface area is 123 Å². The van der Waals surface area contributed by atoms with Gasteiger partial charge in [0, 0.05) is 31.2 Å². The Bertz CT molecular complexity index is 544. The minimum absolute atomic E-state index is 0.738. The van der Waals surface area contributed by atoms with Crippen LogP contribution in [0.1, 0.15) is 25.0 Å². The molecule has 3 rings (SSSR count). The van der Waals surface area contributed by atoms with E-state index in [9.17, 15) is 0 Å². The van der Waals surface area contributed by atoms with Crippen LogP contribution in [-0.4, -0.2) is 47.6 Å². The lowest BCUT2D eigenvalue weighted by Crippen LogP contribution is -2.35. The lowest BCUT2D eigenvalue weighted by atomic mass is 10.1. The third kappa shape index (κ3) is 2.97. The van der Waals surface area contributed by atoms with Crippen molar-refractivity contribution in [2.75, 3.05) is 33.3 Å². The van der Waals surface area contributed by atoms with Crippen molar-refractivity contribution in [2.45, 2.75) is 25.8 Å². The van der Waals surface area contributed by atoms with Crippen molar-refractivity contribution < 1.29 is 4.74 Å². The Hall–Kier alpha value is -1.11. The minimum Gasteiger partial charge on any atom is -0.480 e. The molecule has 0 unspecified atom stereocenters. The number of nitrogens with zero attached hydrogens (tertiary/aromatic N) is 3. The highest BCUT2D eigenvalue weighted by molar-refractivity contribution is 7.15. The molecule has 20 heavy (non-hydrogen) atoms. The molecule has 0 saturated carbocycles. The Kier molecular flexibility index (Phi) is 4.54. The van der Waals surface area contributed by atoms with Crippen LogP contribution in [0.2, 0.25) is 0 Å². The minimum atomic E-state index is 0.738. The Balaban J connectivity index is 1.52. The first-order valence-electron chi connectivity index (χ1n) is 7.30. The van der Waals surface area contributed by atoms with Gasteiger partial charge in [0.25, 0.3) is 0 Å². The van der Waals surface area contributed by atoms with E-state index in [-0.39, 0.29) is 0 Å². The molecule has 0 radical (unpaired) electrons. The molecule has 0 atom stereocenters. The molecule has 6 heteroatoms. The van der Waals surface area contributed by atoms with Gasteiger partial charge in [-0.25, -0.2) is 0 Å². The summed E-state index contributed by atoms with van der Waals surface area (Å²) in [6, 6.07) is 0. The van der Waals surface area contributed by atoms with E-state index in [4.69, 9.17) is 4.74 Å². The summed E-state index contributed by atoms with van der Waals surface area (Å²) in [5.74, 6) is 0.738. The first-order valence-corrected chi connectivity index (χ1v) is 8.18. The maximum absolute atomic E-state index is 5.36.